The Morgan fingerprint density at radius 3 is 2.68 bits per heavy atom. The highest BCUT2D eigenvalue weighted by atomic mass is 16.2. The Bertz CT molecular complexity index is 378. The van der Waals surface area contributed by atoms with E-state index in [1.807, 2.05) is 9.80 Å². The van der Waals surface area contributed by atoms with Gasteiger partial charge in [-0.15, -0.1) is 0 Å². The highest BCUT2D eigenvalue weighted by molar-refractivity contribution is 5.90. The second-order valence-corrected chi connectivity index (χ2v) is 6.41. The summed E-state index contributed by atoms with van der Waals surface area (Å²) in [6.07, 6.45) is 7.25. The molecule has 4 heteroatoms. The summed E-state index contributed by atoms with van der Waals surface area (Å²) in [5, 5.41) is 0. The zero-order valence-corrected chi connectivity index (χ0v) is 11.8. The summed E-state index contributed by atoms with van der Waals surface area (Å²) >= 11 is 0. The summed E-state index contributed by atoms with van der Waals surface area (Å²) in [4.78, 5) is 28.7. The van der Waals surface area contributed by atoms with Crippen LogP contribution in [-0.4, -0.2) is 46.8 Å². The minimum absolute atomic E-state index is 0.162. The molecular formula is C15H24N2O2. The van der Waals surface area contributed by atoms with Crippen LogP contribution < -0.4 is 0 Å². The second kappa shape index (κ2) is 5.14. The van der Waals surface area contributed by atoms with Crippen LogP contribution in [0.1, 0.15) is 51.9 Å². The number of carbonyl (C=O) groups is 2. The van der Waals surface area contributed by atoms with E-state index < -0.39 is 0 Å². The fourth-order valence-electron chi connectivity index (χ4n) is 3.55. The lowest BCUT2D eigenvalue weighted by Gasteiger charge is -2.36. The molecule has 2 aliphatic heterocycles. The van der Waals surface area contributed by atoms with Gasteiger partial charge in [0.15, 0.2) is 0 Å². The molecule has 0 aromatic carbocycles. The molecule has 19 heavy (non-hydrogen) atoms. The van der Waals surface area contributed by atoms with Crippen LogP contribution >= 0.6 is 0 Å². The smallest absolute Gasteiger partial charge is 0.245 e. The first-order valence-corrected chi connectivity index (χ1v) is 7.77. The molecule has 2 unspecified atom stereocenters. The van der Waals surface area contributed by atoms with E-state index >= 15 is 0 Å². The predicted molar refractivity (Wildman–Crippen MR) is 72.5 cm³/mol. The Kier molecular flexibility index (Phi) is 3.50. The first-order valence-electron chi connectivity index (χ1n) is 7.77. The predicted octanol–water partition coefficient (Wildman–Crippen LogP) is 1.79. The largest absolute Gasteiger partial charge is 0.338 e. The lowest BCUT2D eigenvalue weighted by molar-refractivity contribution is -0.144. The van der Waals surface area contributed by atoms with E-state index in [4.69, 9.17) is 0 Å². The summed E-state index contributed by atoms with van der Waals surface area (Å²) < 4.78 is 0. The number of carbonyl (C=O) groups excluding carboxylic acids is 2. The molecule has 0 aromatic heterocycles. The average Bonchev–Trinajstić information content (AvgIpc) is 3.22. The van der Waals surface area contributed by atoms with Gasteiger partial charge in [-0.05, 0) is 38.5 Å². The molecule has 2 amide bonds. The molecule has 106 valence electrons. The van der Waals surface area contributed by atoms with Crippen molar-refractivity contribution in [3.8, 4) is 0 Å². The van der Waals surface area contributed by atoms with Gasteiger partial charge in [-0.3, -0.25) is 9.59 Å². The number of hydrogen-bond donors (Lipinski definition) is 0. The number of rotatable bonds is 3. The summed E-state index contributed by atoms with van der Waals surface area (Å²) in [6, 6.07) is 0.139. The summed E-state index contributed by atoms with van der Waals surface area (Å²) in [7, 11) is 0. The normalized spacial score (nSPS) is 30.1. The van der Waals surface area contributed by atoms with E-state index in [-0.39, 0.29) is 17.9 Å². The van der Waals surface area contributed by atoms with Crippen LogP contribution in [-0.2, 0) is 9.59 Å². The Hall–Kier alpha value is -1.06. The molecule has 0 N–H and O–H groups in total. The van der Waals surface area contributed by atoms with Gasteiger partial charge >= 0.3 is 0 Å². The molecule has 3 fully saturated rings. The van der Waals surface area contributed by atoms with Gasteiger partial charge < -0.3 is 9.80 Å². The van der Waals surface area contributed by atoms with E-state index in [9.17, 15) is 9.59 Å². The van der Waals surface area contributed by atoms with Crippen LogP contribution in [0, 0.1) is 5.92 Å². The van der Waals surface area contributed by atoms with Crippen molar-refractivity contribution >= 4 is 11.8 Å². The van der Waals surface area contributed by atoms with Crippen LogP contribution in [0.25, 0.3) is 0 Å². The molecule has 0 bridgehead atoms. The summed E-state index contributed by atoms with van der Waals surface area (Å²) in [5.74, 6) is 1.21. The first kappa shape index (κ1) is 12.9. The van der Waals surface area contributed by atoms with E-state index in [1.54, 1.807) is 0 Å². The molecule has 2 heterocycles. The maximum absolute atomic E-state index is 12.7. The van der Waals surface area contributed by atoms with Crippen molar-refractivity contribution in [1.29, 1.82) is 0 Å². The van der Waals surface area contributed by atoms with Crippen LogP contribution in [0.15, 0.2) is 0 Å². The zero-order valence-electron chi connectivity index (χ0n) is 11.8. The number of nitrogens with zero attached hydrogens (tertiary/aromatic N) is 2. The van der Waals surface area contributed by atoms with Crippen molar-refractivity contribution < 1.29 is 9.59 Å². The van der Waals surface area contributed by atoms with Crippen LogP contribution in [0.4, 0.5) is 0 Å². The average molecular weight is 264 g/mol. The standard InChI is InChI=1S/C15H24N2O2/c1-11(10-12-5-6-12)16-9-7-14(18)17-8-3-2-4-13(17)15(16)19/h11-13H,2-10H2,1H3. The van der Waals surface area contributed by atoms with Crippen LogP contribution in [0.3, 0.4) is 0 Å². The van der Waals surface area contributed by atoms with Gasteiger partial charge in [0.25, 0.3) is 0 Å². The topological polar surface area (TPSA) is 40.6 Å². The molecule has 2 atom stereocenters. The molecule has 3 aliphatic rings. The van der Waals surface area contributed by atoms with Gasteiger partial charge in [0.05, 0.1) is 0 Å². The van der Waals surface area contributed by atoms with Crippen LogP contribution in [0.2, 0.25) is 0 Å². The fourth-order valence-corrected chi connectivity index (χ4v) is 3.55. The van der Waals surface area contributed by atoms with Gasteiger partial charge in [-0.1, -0.05) is 12.8 Å². The molecule has 2 saturated heterocycles. The van der Waals surface area contributed by atoms with E-state index in [0.29, 0.717) is 19.0 Å². The fraction of sp³-hybridized carbons (Fsp3) is 0.867. The minimum atomic E-state index is -0.162. The van der Waals surface area contributed by atoms with Crippen molar-refractivity contribution in [3.05, 3.63) is 0 Å². The van der Waals surface area contributed by atoms with Crippen molar-refractivity contribution in [2.24, 2.45) is 5.92 Å². The second-order valence-electron chi connectivity index (χ2n) is 6.41. The Morgan fingerprint density at radius 1 is 1.16 bits per heavy atom. The molecule has 0 aromatic rings. The molecule has 0 spiro atoms. The lowest BCUT2D eigenvalue weighted by Crippen LogP contribution is -2.51. The molecule has 3 rings (SSSR count). The molecule has 4 nitrogen and oxygen atoms in total. The van der Waals surface area contributed by atoms with E-state index in [2.05, 4.69) is 6.92 Å². The highest BCUT2D eigenvalue weighted by Crippen LogP contribution is 2.35. The Morgan fingerprint density at radius 2 is 1.95 bits per heavy atom. The summed E-state index contributed by atoms with van der Waals surface area (Å²) in [6.45, 7) is 3.55. The van der Waals surface area contributed by atoms with Gasteiger partial charge in [-0.2, -0.15) is 0 Å². The SMILES string of the molecule is CC(CC1CC1)N1CCC(=O)N2CCCCC2C1=O. The number of amides is 2. The van der Waals surface area contributed by atoms with E-state index in [0.717, 1.165) is 38.1 Å². The van der Waals surface area contributed by atoms with Gasteiger partial charge in [0.2, 0.25) is 11.8 Å². The molecular weight excluding hydrogens is 240 g/mol. The van der Waals surface area contributed by atoms with Gasteiger partial charge in [0, 0.05) is 25.6 Å². The minimum Gasteiger partial charge on any atom is -0.338 e. The molecule has 1 saturated carbocycles. The third-order valence-electron chi connectivity index (χ3n) is 4.86. The van der Waals surface area contributed by atoms with Crippen molar-refractivity contribution in [2.75, 3.05) is 13.1 Å². The maximum atomic E-state index is 12.7. The quantitative estimate of drug-likeness (QED) is 0.779. The number of fused-ring (bicyclic) bond motifs is 1. The molecule has 1 aliphatic carbocycles. The third-order valence-corrected chi connectivity index (χ3v) is 4.86. The zero-order chi connectivity index (χ0) is 13.4. The monoisotopic (exact) mass is 264 g/mol. The summed E-state index contributed by atoms with van der Waals surface area (Å²) in [5.41, 5.74) is 0. The maximum Gasteiger partial charge on any atom is 0.245 e. The van der Waals surface area contributed by atoms with Crippen molar-refractivity contribution in [2.45, 2.75) is 64.0 Å². The Balaban J connectivity index is 1.74. The van der Waals surface area contributed by atoms with Crippen molar-refractivity contribution in [3.63, 3.8) is 0 Å². The van der Waals surface area contributed by atoms with Crippen LogP contribution in [0.5, 0.6) is 0 Å². The lowest BCUT2D eigenvalue weighted by atomic mass is 10.0. The number of hydrogen-bond acceptors (Lipinski definition) is 2. The van der Waals surface area contributed by atoms with Crippen molar-refractivity contribution in [1.82, 2.24) is 9.80 Å². The third kappa shape index (κ3) is 2.63. The van der Waals surface area contributed by atoms with Gasteiger partial charge in [0.1, 0.15) is 6.04 Å². The Labute approximate surface area is 115 Å². The molecule has 0 radical (unpaired) electrons. The highest BCUT2D eigenvalue weighted by Gasteiger charge is 2.39. The van der Waals surface area contributed by atoms with E-state index in [1.165, 1.54) is 12.8 Å². The first-order chi connectivity index (χ1) is 9.16. The van der Waals surface area contributed by atoms with Gasteiger partial charge in [-0.25, -0.2) is 0 Å². The number of piperidine rings is 1.